The minimum Gasteiger partial charge on any atom is -0.481 e. The topological polar surface area (TPSA) is 73.1 Å². The van der Waals surface area contributed by atoms with E-state index >= 15 is 0 Å². The van der Waals surface area contributed by atoms with E-state index in [4.69, 9.17) is 10.2 Å². The molecule has 1 unspecified atom stereocenters. The Morgan fingerprint density at radius 2 is 2.12 bits per heavy atom. The van der Waals surface area contributed by atoms with Crippen molar-refractivity contribution >= 4 is 17.9 Å². The van der Waals surface area contributed by atoms with Gasteiger partial charge in [0.2, 0.25) is 0 Å². The van der Waals surface area contributed by atoms with Gasteiger partial charge >= 0.3 is 5.97 Å². The van der Waals surface area contributed by atoms with Crippen LogP contribution >= 0.6 is 0 Å². The molecule has 0 saturated carbocycles. The molecule has 1 aromatic carbocycles. The van der Waals surface area contributed by atoms with Crippen LogP contribution < -0.4 is 5.01 Å². The number of aliphatic carboxylic acids is 1. The van der Waals surface area contributed by atoms with Gasteiger partial charge in [0.25, 0.3) is 0 Å². The lowest BCUT2D eigenvalue weighted by Gasteiger charge is -2.13. The molecule has 0 radical (unpaired) electrons. The number of para-hydroxylation sites is 1. The highest BCUT2D eigenvalue weighted by molar-refractivity contribution is 5.88. The number of aliphatic hydroxyl groups excluding tert-OH is 1. The van der Waals surface area contributed by atoms with Crippen molar-refractivity contribution < 1.29 is 15.0 Å². The SMILES string of the molecule is CN(N=CC(CCO)C(=O)O)c1ccccc1. The minimum atomic E-state index is -0.982. The van der Waals surface area contributed by atoms with Gasteiger partial charge in [-0.25, -0.2) is 0 Å². The van der Waals surface area contributed by atoms with Crippen LogP contribution in [0.5, 0.6) is 0 Å². The van der Waals surface area contributed by atoms with E-state index in [0.717, 1.165) is 5.69 Å². The average Bonchev–Trinajstić information content (AvgIpc) is 2.34. The molecule has 0 bridgehead atoms. The fourth-order valence-corrected chi connectivity index (χ4v) is 1.29. The molecule has 92 valence electrons. The maximum Gasteiger partial charge on any atom is 0.312 e. The summed E-state index contributed by atoms with van der Waals surface area (Å²) < 4.78 is 0. The predicted octanol–water partition coefficient (Wildman–Crippen LogP) is 1.19. The van der Waals surface area contributed by atoms with Crippen LogP contribution in [-0.2, 0) is 4.79 Å². The second kappa shape index (κ2) is 6.65. The summed E-state index contributed by atoms with van der Waals surface area (Å²) in [6.45, 7) is -0.169. The average molecular weight is 236 g/mol. The third-order valence-corrected chi connectivity index (χ3v) is 2.31. The van der Waals surface area contributed by atoms with Gasteiger partial charge in [-0.3, -0.25) is 9.80 Å². The zero-order chi connectivity index (χ0) is 12.7. The number of anilines is 1. The highest BCUT2D eigenvalue weighted by Crippen LogP contribution is 2.11. The number of hydrogen-bond acceptors (Lipinski definition) is 4. The molecule has 0 spiro atoms. The number of aliphatic hydroxyl groups is 1. The van der Waals surface area contributed by atoms with Crippen molar-refractivity contribution in [3.8, 4) is 0 Å². The van der Waals surface area contributed by atoms with Crippen molar-refractivity contribution in [2.24, 2.45) is 11.0 Å². The summed E-state index contributed by atoms with van der Waals surface area (Å²) in [5.74, 6) is -1.74. The molecule has 0 saturated heterocycles. The Morgan fingerprint density at radius 3 is 2.65 bits per heavy atom. The molecule has 0 amide bonds. The molecule has 1 atom stereocenters. The van der Waals surface area contributed by atoms with Crippen LogP contribution in [0.1, 0.15) is 6.42 Å². The second-order valence-corrected chi connectivity index (χ2v) is 3.58. The highest BCUT2D eigenvalue weighted by atomic mass is 16.4. The molecule has 17 heavy (non-hydrogen) atoms. The third-order valence-electron chi connectivity index (χ3n) is 2.31. The lowest BCUT2D eigenvalue weighted by Crippen LogP contribution is -2.19. The van der Waals surface area contributed by atoms with Gasteiger partial charge in [-0.1, -0.05) is 18.2 Å². The van der Waals surface area contributed by atoms with Gasteiger partial charge in [-0.05, 0) is 18.6 Å². The van der Waals surface area contributed by atoms with Crippen molar-refractivity contribution in [3.63, 3.8) is 0 Å². The second-order valence-electron chi connectivity index (χ2n) is 3.58. The van der Waals surface area contributed by atoms with Crippen LogP contribution in [0.3, 0.4) is 0 Å². The molecule has 0 heterocycles. The molecular formula is C12H16N2O3. The predicted molar refractivity (Wildman–Crippen MR) is 66.2 cm³/mol. The van der Waals surface area contributed by atoms with E-state index in [9.17, 15) is 4.79 Å². The summed E-state index contributed by atoms with van der Waals surface area (Å²) in [6, 6.07) is 9.40. The number of carbonyl (C=O) groups is 1. The molecule has 1 aromatic rings. The van der Waals surface area contributed by atoms with E-state index in [2.05, 4.69) is 5.10 Å². The molecule has 5 heteroatoms. The number of rotatable bonds is 6. The van der Waals surface area contributed by atoms with Gasteiger partial charge in [-0.2, -0.15) is 5.10 Å². The van der Waals surface area contributed by atoms with Crippen molar-refractivity contribution in [1.29, 1.82) is 0 Å². The van der Waals surface area contributed by atoms with Gasteiger partial charge in [0.1, 0.15) is 0 Å². The van der Waals surface area contributed by atoms with Crippen LogP contribution in [0.25, 0.3) is 0 Å². The van der Waals surface area contributed by atoms with Crippen molar-refractivity contribution in [2.75, 3.05) is 18.7 Å². The largest absolute Gasteiger partial charge is 0.481 e. The Kier molecular flexibility index (Phi) is 5.16. The van der Waals surface area contributed by atoms with E-state index in [0.29, 0.717) is 0 Å². The highest BCUT2D eigenvalue weighted by Gasteiger charge is 2.14. The fraction of sp³-hybridized carbons (Fsp3) is 0.333. The molecule has 5 nitrogen and oxygen atoms in total. The van der Waals surface area contributed by atoms with Crippen LogP contribution in [0.2, 0.25) is 0 Å². The quantitative estimate of drug-likeness (QED) is 0.575. The maximum absolute atomic E-state index is 10.8. The van der Waals surface area contributed by atoms with E-state index in [1.807, 2.05) is 30.3 Å². The first kappa shape index (κ1) is 13.2. The van der Waals surface area contributed by atoms with Gasteiger partial charge < -0.3 is 10.2 Å². The smallest absolute Gasteiger partial charge is 0.312 e. The first-order valence-corrected chi connectivity index (χ1v) is 5.31. The van der Waals surface area contributed by atoms with Crippen LogP contribution in [-0.4, -0.2) is 36.1 Å². The van der Waals surface area contributed by atoms with Gasteiger partial charge in [-0.15, -0.1) is 0 Å². The summed E-state index contributed by atoms with van der Waals surface area (Å²) >= 11 is 0. The third kappa shape index (κ3) is 4.24. The number of hydrazone groups is 1. The number of benzene rings is 1. The zero-order valence-electron chi connectivity index (χ0n) is 9.65. The van der Waals surface area contributed by atoms with E-state index in [1.165, 1.54) is 6.21 Å². The van der Waals surface area contributed by atoms with E-state index in [-0.39, 0.29) is 13.0 Å². The number of hydrogen-bond donors (Lipinski definition) is 2. The van der Waals surface area contributed by atoms with Gasteiger partial charge in [0.15, 0.2) is 0 Å². The standard InChI is InChI=1S/C12H16N2O3/c1-14(11-5-3-2-4-6-11)13-9-10(7-8-15)12(16)17/h2-6,9-10,15H,7-8H2,1H3,(H,16,17). The molecular weight excluding hydrogens is 220 g/mol. The fourth-order valence-electron chi connectivity index (χ4n) is 1.29. The Hall–Kier alpha value is -1.88. The molecule has 0 aliphatic heterocycles. The monoisotopic (exact) mass is 236 g/mol. The Bertz CT molecular complexity index is 379. The lowest BCUT2D eigenvalue weighted by molar-refractivity contribution is -0.139. The van der Waals surface area contributed by atoms with E-state index < -0.39 is 11.9 Å². The Balaban J connectivity index is 2.66. The summed E-state index contributed by atoms with van der Waals surface area (Å²) in [5, 5.41) is 23.2. The van der Waals surface area contributed by atoms with Crippen LogP contribution in [0, 0.1) is 5.92 Å². The summed E-state index contributed by atoms with van der Waals surface area (Å²) in [4.78, 5) is 10.8. The molecule has 2 N–H and O–H groups in total. The van der Waals surface area contributed by atoms with E-state index in [1.54, 1.807) is 12.1 Å². The molecule has 1 rings (SSSR count). The first-order chi connectivity index (χ1) is 8.15. The van der Waals surface area contributed by atoms with Crippen LogP contribution in [0.15, 0.2) is 35.4 Å². The first-order valence-electron chi connectivity index (χ1n) is 5.31. The van der Waals surface area contributed by atoms with Crippen LogP contribution in [0.4, 0.5) is 5.69 Å². The van der Waals surface area contributed by atoms with Crippen molar-refractivity contribution in [1.82, 2.24) is 0 Å². The molecule has 0 aromatic heterocycles. The number of nitrogens with zero attached hydrogens (tertiary/aromatic N) is 2. The number of carboxylic acids is 1. The Labute approximate surface area is 100.0 Å². The molecule has 0 fully saturated rings. The lowest BCUT2D eigenvalue weighted by atomic mass is 10.1. The number of carboxylic acid groups (broad SMARTS) is 1. The summed E-state index contributed by atoms with van der Waals surface area (Å²) in [7, 11) is 1.74. The summed E-state index contributed by atoms with van der Waals surface area (Å²) in [6.07, 6.45) is 1.51. The Morgan fingerprint density at radius 1 is 1.47 bits per heavy atom. The van der Waals surface area contributed by atoms with Gasteiger partial charge in [0.05, 0.1) is 11.6 Å². The van der Waals surface area contributed by atoms with Crippen molar-refractivity contribution in [3.05, 3.63) is 30.3 Å². The molecule has 0 aliphatic carbocycles. The normalized spacial score (nSPS) is 12.6. The maximum atomic E-state index is 10.8. The zero-order valence-corrected chi connectivity index (χ0v) is 9.65. The van der Waals surface area contributed by atoms with Gasteiger partial charge in [0, 0.05) is 19.9 Å². The molecule has 0 aliphatic rings. The summed E-state index contributed by atoms with van der Waals surface area (Å²) in [5.41, 5.74) is 0.872. The minimum absolute atomic E-state index is 0.168. The van der Waals surface area contributed by atoms with Crippen molar-refractivity contribution in [2.45, 2.75) is 6.42 Å².